The molecule has 0 heterocycles. The number of aromatic hydroxyl groups is 1. The highest BCUT2D eigenvalue weighted by Gasteiger charge is 2.15. The van der Waals surface area contributed by atoms with Gasteiger partial charge in [-0.15, -0.1) is 0 Å². The largest absolute Gasteiger partial charge is 0.507 e. The lowest BCUT2D eigenvalue weighted by Crippen LogP contribution is -2.33. The zero-order chi connectivity index (χ0) is 13.8. The second kappa shape index (κ2) is 5.83. The molecule has 0 aliphatic carbocycles. The van der Waals surface area contributed by atoms with Crippen LogP contribution in [0.5, 0.6) is 5.75 Å². The number of hydrogen-bond acceptors (Lipinski definition) is 4. The van der Waals surface area contributed by atoms with Gasteiger partial charge in [0.25, 0.3) is 5.91 Å². The third-order valence-corrected chi connectivity index (χ3v) is 4.18. The molecule has 7 heteroatoms. The molecule has 0 aliphatic rings. The number of hydrogen-bond donors (Lipinski definition) is 2. The van der Waals surface area contributed by atoms with Gasteiger partial charge in [0.15, 0.2) is 0 Å². The molecule has 1 aromatic carbocycles. The molecule has 6 nitrogen and oxygen atoms in total. The van der Waals surface area contributed by atoms with Crippen LogP contribution in [0.3, 0.4) is 0 Å². The standard InChI is InChI=1S/C11H16N2O4S/c1-13(2)18(16,17)8-7-12-11(15)9-5-3-4-6-10(9)14/h3-6,14H,7-8H2,1-2H3,(H,12,15). The highest BCUT2D eigenvalue weighted by molar-refractivity contribution is 7.89. The van der Waals surface area contributed by atoms with E-state index in [4.69, 9.17) is 0 Å². The Morgan fingerprint density at radius 3 is 2.50 bits per heavy atom. The van der Waals surface area contributed by atoms with Crippen LogP contribution in [0.4, 0.5) is 0 Å². The van der Waals surface area contributed by atoms with Crippen LogP contribution in [0.15, 0.2) is 24.3 Å². The summed E-state index contributed by atoms with van der Waals surface area (Å²) in [6.07, 6.45) is 0. The first-order chi connectivity index (χ1) is 8.34. The highest BCUT2D eigenvalue weighted by atomic mass is 32.2. The van der Waals surface area contributed by atoms with Crippen molar-refractivity contribution in [3.63, 3.8) is 0 Å². The van der Waals surface area contributed by atoms with Gasteiger partial charge >= 0.3 is 0 Å². The van der Waals surface area contributed by atoms with Gasteiger partial charge in [0.05, 0.1) is 11.3 Å². The summed E-state index contributed by atoms with van der Waals surface area (Å²) in [6, 6.07) is 6.07. The number of phenols is 1. The third-order valence-electron chi connectivity index (χ3n) is 2.35. The Balaban J connectivity index is 2.56. The summed E-state index contributed by atoms with van der Waals surface area (Å²) < 4.78 is 24.0. The molecule has 0 unspecified atom stereocenters. The number of nitrogens with zero attached hydrogens (tertiary/aromatic N) is 1. The fourth-order valence-corrected chi connectivity index (χ4v) is 1.96. The van der Waals surface area contributed by atoms with Gasteiger partial charge in [-0.1, -0.05) is 12.1 Å². The minimum Gasteiger partial charge on any atom is -0.507 e. The predicted molar refractivity (Wildman–Crippen MR) is 67.9 cm³/mol. The molecule has 0 aliphatic heterocycles. The lowest BCUT2D eigenvalue weighted by atomic mass is 10.2. The fourth-order valence-electron chi connectivity index (χ4n) is 1.24. The quantitative estimate of drug-likeness (QED) is 0.790. The van der Waals surface area contributed by atoms with Gasteiger partial charge in [-0.2, -0.15) is 0 Å². The van der Waals surface area contributed by atoms with Crippen LogP contribution < -0.4 is 5.32 Å². The smallest absolute Gasteiger partial charge is 0.255 e. The van der Waals surface area contributed by atoms with Crippen LogP contribution in [-0.2, 0) is 10.0 Å². The summed E-state index contributed by atoms with van der Waals surface area (Å²) in [5, 5.41) is 11.9. The van der Waals surface area contributed by atoms with Crippen molar-refractivity contribution in [3.8, 4) is 5.75 Å². The molecule has 2 N–H and O–H groups in total. The average Bonchev–Trinajstić information content (AvgIpc) is 2.29. The summed E-state index contributed by atoms with van der Waals surface area (Å²) in [7, 11) is -0.469. The zero-order valence-corrected chi connectivity index (χ0v) is 11.1. The highest BCUT2D eigenvalue weighted by Crippen LogP contribution is 2.14. The van der Waals surface area contributed by atoms with E-state index >= 15 is 0 Å². The molecule has 0 aromatic heterocycles. The molecule has 0 saturated heterocycles. The number of sulfonamides is 1. The molecule has 1 rings (SSSR count). The molecular formula is C11H16N2O4S. The fraction of sp³-hybridized carbons (Fsp3) is 0.364. The normalized spacial score (nSPS) is 11.5. The van der Waals surface area contributed by atoms with Crippen LogP contribution in [0.2, 0.25) is 0 Å². The first kappa shape index (κ1) is 14.5. The Bertz CT molecular complexity index is 526. The Kier molecular flexibility index (Phi) is 4.69. The van der Waals surface area contributed by atoms with Crippen molar-refractivity contribution in [2.45, 2.75) is 0 Å². The molecule has 1 aromatic rings. The molecule has 0 atom stereocenters. The van der Waals surface area contributed by atoms with Gasteiger partial charge in [0.1, 0.15) is 5.75 Å². The Labute approximate surface area is 106 Å². The molecule has 100 valence electrons. The van der Waals surface area contributed by atoms with E-state index in [0.717, 1.165) is 4.31 Å². The van der Waals surface area contributed by atoms with E-state index in [9.17, 15) is 18.3 Å². The van der Waals surface area contributed by atoms with Gasteiger partial charge < -0.3 is 10.4 Å². The van der Waals surface area contributed by atoms with E-state index in [-0.39, 0.29) is 23.6 Å². The van der Waals surface area contributed by atoms with Gasteiger partial charge in [-0.25, -0.2) is 12.7 Å². The lowest BCUT2D eigenvalue weighted by molar-refractivity contribution is 0.0953. The number of rotatable bonds is 5. The number of phenolic OH excluding ortho intramolecular Hbond substituents is 1. The Hall–Kier alpha value is -1.60. The van der Waals surface area contributed by atoms with Gasteiger partial charge in [0.2, 0.25) is 10.0 Å². The number of para-hydroxylation sites is 1. The molecule has 18 heavy (non-hydrogen) atoms. The van der Waals surface area contributed by atoms with Crippen LogP contribution in [0, 0.1) is 0 Å². The maximum absolute atomic E-state index is 11.6. The summed E-state index contributed by atoms with van der Waals surface area (Å²) >= 11 is 0. The Morgan fingerprint density at radius 1 is 1.33 bits per heavy atom. The van der Waals surface area contributed by atoms with E-state index in [1.807, 2.05) is 0 Å². The van der Waals surface area contributed by atoms with E-state index in [1.165, 1.54) is 26.2 Å². The summed E-state index contributed by atoms with van der Waals surface area (Å²) in [6.45, 7) is -0.00627. The topological polar surface area (TPSA) is 86.7 Å². The molecule has 0 radical (unpaired) electrons. The molecule has 0 saturated carbocycles. The van der Waals surface area contributed by atoms with Crippen molar-refractivity contribution in [1.29, 1.82) is 0 Å². The second-order valence-electron chi connectivity index (χ2n) is 3.87. The van der Waals surface area contributed by atoms with Crippen LogP contribution >= 0.6 is 0 Å². The van der Waals surface area contributed by atoms with Crippen molar-refractivity contribution in [3.05, 3.63) is 29.8 Å². The van der Waals surface area contributed by atoms with E-state index in [2.05, 4.69) is 5.32 Å². The summed E-state index contributed by atoms with van der Waals surface area (Å²) in [5.74, 6) is -0.813. The van der Waals surface area contributed by atoms with Gasteiger partial charge in [-0.3, -0.25) is 4.79 Å². The maximum atomic E-state index is 11.6. The van der Waals surface area contributed by atoms with Crippen molar-refractivity contribution in [1.82, 2.24) is 9.62 Å². The van der Waals surface area contributed by atoms with Gasteiger partial charge in [-0.05, 0) is 12.1 Å². The Morgan fingerprint density at radius 2 is 1.94 bits per heavy atom. The zero-order valence-electron chi connectivity index (χ0n) is 10.3. The SMILES string of the molecule is CN(C)S(=O)(=O)CCNC(=O)c1ccccc1O. The minimum absolute atomic E-state index is 0.00627. The molecule has 1 amide bonds. The maximum Gasteiger partial charge on any atom is 0.255 e. The summed E-state index contributed by atoms with van der Waals surface area (Å²) in [4.78, 5) is 11.6. The molecular weight excluding hydrogens is 256 g/mol. The second-order valence-corrected chi connectivity index (χ2v) is 6.17. The first-order valence-electron chi connectivity index (χ1n) is 5.31. The monoisotopic (exact) mass is 272 g/mol. The van der Waals surface area contributed by atoms with Crippen molar-refractivity contribution in [2.24, 2.45) is 0 Å². The van der Waals surface area contributed by atoms with E-state index < -0.39 is 15.9 Å². The van der Waals surface area contributed by atoms with Crippen molar-refractivity contribution < 1.29 is 18.3 Å². The third kappa shape index (κ3) is 3.71. The minimum atomic E-state index is -3.33. The number of amides is 1. The number of carbonyl (C=O) groups is 1. The molecule has 0 spiro atoms. The average molecular weight is 272 g/mol. The van der Waals surface area contributed by atoms with Crippen LogP contribution in [0.1, 0.15) is 10.4 Å². The van der Waals surface area contributed by atoms with Crippen molar-refractivity contribution in [2.75, 3.05) is 26.4 Å². The predicted octanol–water partition coefficient (Wildman–Crippen LogP) is 0.0134. The number of nitrogens with one attached hydrogen (secondary N) is 1. The summed E-state index contributed by atoms with van der Waals surface area (Å²) in [5.41, 5.74) is 0.125. The lowest BCUT2D eigenvalue weighted by Gasteiger charge is -2.11. The van der Waals surface area contributed by atoms with Crippen LogP contribution in [0.25, 0.3) is 0 Å². The van der Waals surface area contributed by atoms with Crippen molar-refractivity contribution >= 4 is 15.9 Å². The number of carbonyl (C=O) groups excluding carboxylic acids is 1. The first-order valence-corrected chi connectivity index (χ1v) is 6.92. The molecule has 0 fully saturated rings. The van der Waals surface area contributed by atoms with E-state index in [1.54, 1.807) is 12.1 Å². The van der Waals surface area contributed by atoms with Crippen LogP contribution in [-0.4, -0.2) is 50.1 Å². The molecule has 0 bridgehead atoms. The van der Waals surface area contributed by atoms with Gasteiger partial charge in [0, 0.05) is 20.6 Å². The van der Waals surface area contributed by atoms with E-state index in [0.29, 0.717) is 0 Å². The number of benzene rings is 1.